The number of fused-ring (bicyclic) bond motifs is 14. The van der Waals surface area contributed by atoms with Gasteiger partial charge in [-0.25, -0.2) is 4.39 Å². The van der Waals surface area contributed by atoms with Crippen molar-refractivity contribution in [1.82, 2.24) is 4.57 Å². The molecule has 0 saturated heterocycles. The quantitative estimate of drug-likeness (QED) is 0.193. The van der Waals surface area contributed by atoms with Crippen LogP contribution in [0.15, 0.2) is 146 Å². The van der Waals surface area contributed by atoms with Crippen molar-refractivity contribution in [3.63, 3.8) is 0 Å². The molecule has 7 aromatic carbocycles. The highest BCUT2D eigenvalue weighted by Gasteiger charge is 2.51. The van der Waals surface area contributed by atoms with Gasteiger partial charge in [-0.1, -0.05) is 103 Å². The fraction of sp³-hybridized carbons (Fsp3) is 0.0244. The summed E-state index contributed by atoms with van der Waals surface area (Å²) in [5.74, 6) is 1.44. The van der Waals surface area contributed by atoms with Crippen molar-refractivity contribution in [2.45, 2.75) is 5.41 Å². The minimum atomic E-state index is -0.535. The van der Waals surface area contributed by atoms with Crippen molar-refractivity contribution in [3.05, 3.63) is 174 Å². The van der Waals surface area contributed by atoms with Gasteiger partial charge in [0.25, 0.3) is 0 Å². The molecule has 1 spiro atoms. The van der Waals surface area contributed by atoms with Crippen LogP contribution in [0.4, 0.5) is 4.39 Å². The van der Waals surface area contributed by atoms with E-state index in [4.69, 9.17) is 4.74 Å². The lowest BCUT2D eigenvalue weighted by molar-refractivity contribution is 0.437. The van der Waals surface area contributed by atoms with Crippen molar-refractivity contribution in [3.8, 4) is 28.3 Å². The fourth-order valence-electron chi connectivity index (χ4n) is 7.98. The van der Waals surface area contributed by atoms with Crippen molar-refractivity contribution in [1.29, 1.82) is 0 Å². The molecule has 1 aliphatic heterocycles. The maximum Gasteiger partial charge on any atom is 0.134 e. The topological polar surface area (TPSA) is 14.2 Å². The monoisotopic (exact) mass is 565 g/mol. The Labute approximate surface area is 253 Å². The van der Waals surface area contributed by atoms with Gasteiger partial charge >= 0.3 is 0 Å². The largest absolute Gasteiger partial charge is 0.457 e. The molecule has 1 aliphatic carbocycles. The Morgan fingerprint density at radius 3 is 1.93 bits per heavy atom. The smallest absolute Gasteiger partial charge is 0.134 e. The third kappa shape index (κ3) is 2.89. The van der Waals surface area contributed by atoms with Gasteiger partial charge in [0.1, 0.15) is 17.3 Å². The van der Waals surface area contributed by atoms with E-state index in [1.807, 2.05) is 18.2 Å². The van der Waals surface area contributed by atoms with Crippen LogP contribution in [-0.4, -0.2) is 4.57 Å². The van der Waals surface area contributed by atoms with Gasteiger partial charge in [0, 0.05) is 39.0 Å². The lowest BCUT2D eigenvalue weighted by Crippen LogP contribution is -2.32. The van der Waals surface area contributed by atoms with Gasteiger partial charge in [0.2, 0.25) is 0 Å². The molecule has 206 valence electrons. The van der Waals surface area contributed by atoms with Gasteiger partial charge in [-0.15, -0.1) is 0 Å². The van der Waals surface area contributed by atoms with Crippen LogP contribution < -0.4 is 4.74 Å². The lowest BCUT2D eigenvalue weighted by atomic mass is 9.66. The van der Waals surface area contributed by atoms with E-state index in [-0.39, 0.29) is 5.82 Å². The number of benzene rings is 7. The Bertz CT molecular complexity index is 2440. The van der Waals surface area contributed by atoms with Crippen molar-refractivity contribution < 1.29 is 9.13 Å². The fourth-order valence-corrected chi connectivity index (χ4v) is 7.98. The first-order valence-electron chi connectivity index (χ1n) is 15.0. The molecule has 0 atom stereocenters. The predicted octanol–water partition coefficient (Wildman–Crippen LogP) is 10.5. The normalized spacial score (nSPS) is 13.9. The highest BCUT2D eigenvalue weighted by atomic mass is 19.1. The first-order chi connectivity index (χ1) is 21.7. The van der Waals surface area contributed by atoms with E-state index >= 15 is 0 Å². The first-order valence-corrected chi connectivity index (χ1v) is 15.0. The number of rotatable bonds is 1. The van der Waals surface area contributed by atoms with Crippen LogP contribution >= 0.6 is 0 Å². The van der Waals surface area contributed by atoms with Crippen LogP contribution in [0.3, 0.4) is 0 Å². The Kier molecular flexibility index (Phi) is 4.58. The Hall–Kier alpha value is -5.67. The molecule has 0 bridgehead atoms. The minimum absolute atomic E-state index is 0.253. The molecule has 0 unspecified atom stereocenters. The Balaban J connectivity index is 1.40. The molecule has 2 heterocycles. The second-order valence-corrected chi connectivity index (χ2v) is 11.8. The average molecular weight is 566 g/mol. The van der Waals surface area contributed by atoms with E-state index in [1.54, 1.807) is 0 Å². The van der Waals surface area contributed by atoms with E-state index in [9.17, 15) is 4.39 Å². The summed E-state index contributed by atoms with van der Waals surface area (Å²) in [6, 6.07) is 50.3. The van der Waals surface area contributed by atoms with E-state index in [1.165, 1.54) is 34.4 Å². The van der Waals surface area contributed by atoms with Crippen molar-refractivity contribution in [2.75, 3.05) is 0 Å². The summed E-state index contributed by atoms with van der Waals surface area (Å²) in [6.45, 7) is 0. The van der Waals surface area contributed by atoms with Crippen molar-refractivity contribution >= 4 is 32.6 Å². The molecule has 0 saturated carbocycles. The highest BCUT2D eigenvalue weighted by Crippen LogP contribution is 2.62. The molecule has 0 radical (unpaired) electrons. The van der Waals surface area contributed by atoms with Crippen LogP contribution in [0.2, 0.25) is 0 Å². The summed E-state index contributed by atoms with van der Waals surface area (Å²) in [7, 11) is 0. The van der Waals surface area contributed by atoms with Gasteiger partial charge in [-0.2, -0.15) is 0 Å². The molecule has 2 nitrogen and oxygen atoms in total. The number of ether oxygens (including phenoxy) is 1. The molecular weight excluding hydrogens is 541 g/mol. The zero-order chi connectivity index (χ0) is 29.0. The summed E-state index contributed by atoms with van der Waals surface area (Å²) < 4.78 is 23.2. The van der Waals surface area contributed by atoms with Gasteiger partial charge in [0.05, 0.1) is 16.4 Å². The molecule has 1 aromatic heterocycles. The molecule has 3 heteroatoms. The number of para-hydroxylation sites is 1. The number of aromatic nitrogens is 1. The SMILES string of the molecule is Fc1ccc(-n2c3cc4c(cc3c3ccc5ccccc5c32)C2(c3ccccc3O4)c3ccccc3-c3ccccc32)cc1. The summed E-state index contributed by atoms with van der Waals surface area (Å²) in [6.07, 6.45) is 0. The molecule has 0 N–H and O–H groups in total. The second-order valence-electron chi connectivity index (χ2n) is 11.8. The molecule has 44 heavy (non-hydrogen) atoms. The maximum atomic E-state index is 14.2. The summed E-state index contributed by atoms with van der Waals surface area (Å²) >= 11 is 0. The maximum absolute atomic E-state index is 14.2. The average Bonchev–Trinajstić information content (AvgIpc) is 3.55. The first kappa shape index (κ1) is 23.8. The second kappa shape index (κ2) is 8.46. The molecule has 0 amide bonds. The van der Waals surface area contributed by atoms with Gasteiger partial charge < -0.3 is 9.30 Å². The number of halogens is 1. The zero-order valence-corrected chi connectivity index (χ0v) is 23.6. The summed E-state index contributed by atoms with van der Waals surface area (Å²) in [5.41, 5.74) is 9.83. The van der Waals surface area contributed by atoms with E-state index in [0.29, 0.717) is 0 Å². The predicted molar refractivity (Wildman–Crippen MR) is 176 cm³/mol. The molecule has 2 aliphatic rings. The van der Waals surface area contributed by atoms with Gasteiger partial charge in [-0.05, 0) is 64.0 Å². The van der Waals surface area contributed by atoms with Gasteiger partial charge in [0.15, 0.2) is 0 Å². The van der Waals surface area contributed by atoms with Crippen LogP contribution in [0.1, 0.15) is 22.3 Å². The minimum Gasteiger partial charge on any atom is -0.457 e. The standard InChI is InChI=1S/C41H24FNO/c42-26-18-20-27(21-19-26)43-37-24-39-36(23-32(37)31-22-17-25-9-1-2-10-28(25)40(31)43)41(35-15-7-8-16-38(35)44-39)33-13-5-3-11-29(33)30-12-4-6-14-34(30)41/h1-24H. The molecule has 8 aromatic rings. The van der Waals surface area contributed by atoms with E-state index in [2.05, 4.69) is 120 Å². The van der Waals surface area contributed by atoms with Crippen LogP contribution in [0.25, 0.3) is 49.4 Å². The Morgan fingerprint density at radius 2 is 1.16 bits per heavy atom. The van der Waals surface area contributed by atoms with Crippen molar-refractivity contribution in [2.24, 2.45) is 0 Å². The lowest BCUT2D eigenvalue weighted by Gasteiger charge is -2.39. The molecule has 0 fully saturated rings. The van der Waals surface area contributed by atoms with Gasteiger partial charge in [-0.3, -0.25) is 0 Å². The zero-order valence-electron chi connectivity index (χ0n) is 23.6. The van der Waals surface area contributed by atoms with Crippen LogP contribution in [-0.2, 0) is 5.41 Å². The summed E-state index contributed by atoms with van der Waals surface area (Å²) in [5, 5.41) is 4.60. The summed E-state index contributed by atoms with van der Waals surface area (Å²) in [4.78, 5) is 0. The highest BCUT2D eigenvalue weighted by molar-refractivity contribution is 6.19. The number of hydrogen-bond acceptors (Lipinski definition) is 1. The van der Waals surface area contributed by atoms with E-state index in [0.717, 1.165) is 60.9 Å². The van der Waals surface area contributed by atoms with E-state index < -0.39 is 5.41 Å². The third-order valence-electron chi connectivity index (χ3n) is 9.71. The van der Waals surface area contributed by atoms with Crippen LogP contribution in [0.5, 0.6) is 11.5 Å². The Morgan fingerprint density at radius 1 is 0.500 bits per heavy atom. The number of nitrogens with zero attached hydrogens (tertiary/aromatic N) is 1. The van der Waals surface area contributed by atoms with Crippen LogP contribution in [0, 0.1) is 5.82 Å². The number of hydrogen-bond donors (Lipinski definition) is 0. The molecular formula is C41H24FNO. The third-order valence-corrected chi connectivity index (χ3v) is 9.71. The molecule has 10 rings (SSSR count).